The largest absolute Gasteiger partial charge is 0.497 e. The van der Waals surface area contributed by atoms with Crippen LogP contribution >= 0.6 is 0 Å². The van der Waals surface area contributed by atoms with Crippen LogP contribution in [0, 0.1) is 5.92 Å². The van der Waals surface area contributed by atoms with E-state index in [1.807, 2.05) is 59.5 Å². The van der Waals surface area contributed by atoms with Gasteiger partial charge in [0.05, 0.1) is 18.5 Å². The third-order valence-corrected chi connectivity index (χ3v) is 5.34. The molecule has 1 aromatic heterocycles. The van der Waals surface area contributed by atoms with Crippen LogP contribution in [-0.2, 0) is 0 Å². The molecular formula is C24H27N3O2. The van der Waals surface area contributed by atoms with E-state index in [1.165, 1.54) is 12.8 Å². The van der Waals surface area contributed by atoms with E-state index in [0.717, 1.165) is 53.3 Å². The minimum Gasteiger partial charge on any atom is -0.497 e. The van der Waals surface area contributed by atoms with Crippen LogP contribution in [0.1, 0.15) is 36.5 Å². The first-order valence-corrected chi connectivity index (χ1v) is 10.3. The Bertz CT molecular complexity index is 974. The summed E-state index contributed by atoms with van der Waals surface area (Å²) in [5.41, 5.74) is 4.53. The SMILES string of the molecule is CCCN(CC1CC1)C(=O)c1ccc(-c2cc(-c3cccc(OC)c3)n[nH]2)cc1. The lowest BCUT2D eigenvalue weighted by molar-refractivity contribution is 0.0747. The molecule has 0 saturated heterocycles. The predicted octanol–water partition coefficient (Wildman–Crippen LogP) is 5.01. The molecule has 0 bridgehead atoms. The first kappa shape index (κ1) is 19.2. The highest BCUT2D eigenvalue weighted by Gasteiger charge is 2.26. The van der Waals surface area contributed by atoms with Crippen LogP contribution in [0.3, 0.4) is 0 Å². The Balaban J connectivity index is 1.50. The fourth-order valence-electron chi connectivity index (χ4n) is 3.53. The molecular weight excluding hydrogens is 362 g/mol. The standard InChI is InChI=1S/C24H27N3O2/c1-3-13-27(16-17-7-8-17)24(28)19-11-9-18(10-12-19)22-15-23(26-25-22)20-5-4-6-21(14-20)29-2/h4-6,9-12,14-15,17H,3,7-8,13,16H2,1-2H3,(H,25,26). The van der Waals surface area contributed by atoms with Gasteiger partial charge in [0, 0.05) is 24.2 Å². The first-order chi connectivity index (χ1) is 14.2. The summed E-state index contributed by atoms with van der Waals surface area (Å²) < 4.78 is 5.29. The molecule has 0 spiro atoms. The molecule has 1 aliphatic carbocycles. The van der Waals surface area contributed by atoms with E-state index in [4.69, 9.17) is 4.74 Å². The van der Waals surface area contributed by atoms with E-state index in [0.29, 0.717) is 5.92 Å². The Morgan fingerprint density at radius 1 is 1.14 bits per heavy atom. The van der Waals surface area contributed by atoms with Crippen molar-refractivity contribution >= 4 is 5.91 Å². The van der Waals surface area contributed by atoms with E-state index in [1.54, 1.807) is 7.11 Å². The van der Waals surface area contributed by atoms with Crippen molar-refractivity contribution in [2.24, 2.45) is 5.92 Å². The monoisotopic (exact) mass is 389 g/mol. The predicted molar refractivity (Wildman–Crippen MR) is 115 cm³/mol. The van der Waals surface area contributed by atoms with Gasteiger partial charge in [0.2, 0.25) is 0 Å². The van der Waals surface area contributed by atoms with Crippen molar-refractivity contribution in [2.45, 2.75) is 26.2 Å². The van der Waals surface area contributed by atoms with Crippen molar-refractivity contribution in [3.8, 4) is 28.3 Å². The van der Waals surface area contributed by atoms with Crippen molar-refractivity contribution in [3.05, 3.63) is 60.2 Å². The highest BCUT2D eigenvalue weighted by Crippen LogP contribution is 2.30. The van der Waals surface area contributed by atoms with E-state index in [9.17, 15) is 4.79 Å². The molecule has 0 unspecified atom stereocenters. The highest BCUT2D eigenvalue weighted by atomic mass is 16.5. The fourth-order valence-corrected chi connectivity index (χ4v) is 3.53. The number of carbonyl (C=O) groups excluding carboxylic acids is 1. The third-order valence-electron chi connectivity index (χ3n) is 5.34. The number of nitrogens with zero attached hydrogens (tertiary/aromatic N) is 2. The lowest BCUT2D eigenvalue weighted by Crippen LogP contribution is -2.33. The van der Waals surface area contributed by atoms with Gasteiger partial charge in [-0.25, -0.2) is 0 Å². The zero-order valence-electron chi connectivity index (χ0n) is 17.0. The minimum absolute atomic E-state index is 0.131. The van der Waals surface area contributed by atoms with Gasteiger partial charge >= 0.3 is 0 Å². The number of hydrogen-bond donors (Lipinski definition) is 1. The number of methoxy groups -OCH3 is 1. The second-order valence-corrected chi connectivity index (χ2v) is 7.67. The van der Waals surface area contributed by atoms with Crippen LogP contribution in [0.4, 0.5) is 0 Å². The van der Waals surface area contributed by atoms with Crippen molar-refractivity contribution in [3.63, 3.8) is 0 Å². The molecule has 150 valence electrons. The Labute approximate surface area is 171 Å². The van der Waals surface area contributed by atoms with Crippen LogP contribution < -0.4 is 4.74 Å². The Hall–Kier alpha value is -3.08. The highest BCUT2D eigenvalue weighted by molar-refractivity contribution is 5.94. The molecule has 2 aromatic carbocycles. The zero-order chi connectivity index (χ0) is 20.2. The number of aromatic nitrogens is 2. The fraction of sp³-hybridized carbons (Fsp3) is 0.333. The summed E-state index contributed by atoms with van der Waals surface area (Å²) >= 11 is 0. The molecule has 1 heterocycles. The quantitative estimate of drug-likeness (QED) is 0.589. The average molecular weight is 389 g/mol. The van der Waals surface area contributed by atoms with Gasteiger partial charge in [-0.3, -0.25) is 9.89 Å². The number of aromatic amines is 1. The number of amides is 1. The van der Waals surface area contributed by atoms with Gasteiger partial charge in [0.15, 0.2) is 0 Å². The molecule has 1 aliphatic rings. The summed E-state index contributed by atoms with van der Waals surface area (Å²) in [7, 11) is 1.66. The number of carbonyl (C=O) groups is 1. The molecule has 5 heteroatoms. The first-order valence-electron chi connectivity index (χ1n) is 10.3. The molecule has 1 amide bonds. The minimum atomic E-state index is 0.131. The Morgan fingerprint density at radius 3 is 2.62 bits per heavy atom. The second-order valence-electron chi connectivity index (χ2n) is 7.67. The molecule has 1 fully saturated rings. The number of nitrogens with one attached hydrogen (secondary N) is 1. The summed E-state index contributed by atoms with van der Waals surface area (Å²) in [4.78, 5) is 14.9. The summed E-state index contributed by atoms with van der Waals surface area (Å²) in [5, 5.41) is 7.53. The van der Waals surface area contributed by atoms with Crippen molar-refractivity contribution in [2.75, 3.05) is 20.2 Å². The van der Waals surface area contributed by atoms with E-state index in [-0.39, 0.29) is 5.91 Å². The van der Waals surface area contributed by atoms with Crippen molar-refractivity contribution in [1.82, 2.24) is 15.1 Å². The van der Waals surface area contributed by atoms with E-state index < -0.39 is 0 Å². The lowest BCUT2D eigenvalue weighted by Gasteiger charge is -2.22. The van der Waals surface area contributed by atoms with Crippen LogP contribution in [0.5, 0.6) is 5.75 Å². The van der Waals surface area contributed by atoms with Gasteiger partial charge in [0.1, 0.15) is 5.75 Å². The number of H-pyrrole nitrogens is 1. The normalized spacial score (nSPS) is 13.3. The van der Waals surface area contributed by atoms with Gasteiger partial charge in [-0.2, -0.15) is 5.10 Å². The van der Waals surface area contributed by atoms with Gasteiger partial charge in [-0.1, -0.05) is 31.2 Å². The topological polar surface area (TPSA) is 58.2 Å². The van der Waals surface area contributed by atoms with Gasteiger partial charge in [0.25, 0.3) is 5.91 Å². The second kappa shape index (κ2) is 8.52. The molecule has 3 aromatic rings. The number of rotatable bonds is 8. The van der Waals surface area contributed by atoms with Crippen LogP contribution in [-0.4, -0.2) is 41.2 Å². The maximum atomic E-state index is 12.9. The van der Waals surface area contributed by atoms with Crippen LogP contribution in [0.15, 0.2) is 54.6 Å². The van der Waals surface area contributed by atoms with E-state index >= 15 is 0 Å². The smallest absolute Gasteiger partial charge is 0.253 e. The number of benzene rings is 2. The lowest BCUT2D eigenvalue weighted by atomic mass is 10.1. The Morgan fingerprint density at radius 2 is 1.93 bits per heavy atom. The molecule has 4 rings (SSSR count). The third kappa shape index (κ3) is 4.50. The van der Waals surface area contributed by atoms with E-state index in [2.05, 4.69) is 17.1 Å². The molecule has 1 saturated carbocycles. The van der Waals surface area contributed by atoms with Crippen molar-refractivity contribution in [1.29, 1.82) is 0 Å². The molecule has 29 heavy (non-hydrogen) atoms. The number of ether oxygens (including phenoxy) is 1. The maximum absolute atomic E-state index is 12.9. The molecule has 0 atom stereocenters. The number of hydrogen-bond acceptors (Lipinski definition) is 3. The van der Waals surface area contributed by atoms with Gasteiger partial charge in [-0.15, -0.1) is 0 Å². The van der Waals surface area contributed by atoms with Crippen LogP contribution in [0.25, 0.3) is 22.5 Å². The maximum Gasteiger partial charge on any atom is 0.253 e. The summed E-state index contributed by atoms with van der Waals surface area (Å²) in [6.07, 6.45) is 3.49. The van der Waals surface area contributed by atoms with Gasteiger partial charge < -0.3 is 9.64 Å². The molecule has 0 radical (unpaired) electrons. The van der Waals surface area contributed by atoms with Crippen molar-refractivity contribution < 1.29 is 9.53 Å². The zero-order valence-corrected chi connectivity index (χ0v) is 17.0. The van der Waals surface area contributed by atoms with Gasteiger partial charge in [-0.05, 0) is 61.1 Å². The molecule has 0 aliphatic heterocycles. The summed E-state index contributed by atoms with van der Waals surface area (Å²) in [6.45, 7) is 3.83. The summed E-state index contributed by atoms with van der Waals surface area (Å²) in [6, 6.07) is 17.6. The van der Waals surface area contributed by atoms with Crippen LogP contribution in [0.2, 0.25) is 0 Å². The molecule has 5 nitrogen and oxygen atoms in total. The molecule has 1 N–H and O–H groups in total. The summed E-state index contributed by atoms with van der Waals surface area (Å²) in [5.74, 6) is 1.63. The Kier molecular flexibility index (Phi) is 5.65. The average Bonchev–Trinajstić information content (AvgIpc) is 3.45.